The van der Waals surface area contributed by atoms with Crippen molar-refractivity contribution < 1.29 is 14.8 Å². The quantitative estimate of drug-likeness (QED) is 0.614. The van der Waals surface area contributed by atoms with E-state index in [1.807, 2.05) is 0 Å². The van der Waals surface area contributed by atoms with Gasteiger partial charge in [-0.15, -0.1) is 0 Å². The molecular weight excluding hydrogens is 252 g/mol. The molecule has 2 heterocycles. The van der Waals surface area contributed by atoms with Gasteiger partial charge in [-0.1, -0.05) is 0 Å². The molecule has 0 radical (unpaired) electrons. The highest BCUT2D eigenvalue weighted by molar-refractivity contribution is 5.76. The highest BCUT2D eigenvalue weighted by Gasteiger charge is 2.27. The van der Waals surface area contributed by atoms with Gasteiger partial charge in [0.25, 0.3) is 0 Å². The van der Waals surface area contributed by atoms with Crippen molar-refractivity contribution in [3.05, 3.63) is 21.5 Å². The molecule has 1 aliphatic heterocycles. The van der Waals surface area contributed by atoms with Crippen LogP contribution in [0.15, 0.2) is 0 Å². The topological polar surface area (TPSA) is 102 Å². The van der Waals surface area contributed by atoms with Crippen molar-refractivity contribution in [2.45, 2.75) is 32.9 Å². The molecule has 0 aliphatic carbocycles. The summed E-state index contributed by atoms with van der Waals surface area (Å²) in [5.41, 5.74) is 0.626. The number of hydrogen-bond donors (Lipinski definition) is 1. The molecule has 8 nitrogen and oxygen atoms in total. The normalized spacial score (nSPS) is 18.9. The van der Waals surface area contributed by atoms with Gasteiger partial charge in [-0.3, -0.25) is 19.6 Å². The van der Waals surface area contributed by atoms with E-state index in [0.29, 0.717) is 30.9 Å². The van der Waals surface area contributed by atoms with Gasteiger partial charge in [-0.05, 0) is 20.3 Å². The number of aliphatic hydroxyl groups excluding tert-OH is 1. The molecule has 1 aromatic rings. The summed E-state index contributed by atoms with van der Waals surface area (Å²) in [5.74, 6) is -0.183. The standard InChI is InChI=1S/C11H16N4O4/c1-7-11(15(18)19)8(2)14(12-7)6-10(17)13-4-3-9(16)5-13/h9,16H,3-6H2,1-2H3. The number of aromatic nitrogens is 2. The minimum absolute atomic E-state index is 0.0345. The Labute approximate surface area is 109 Å². The Hall–Kier alpha value is -1.96. The van der Waals surface area contributed by atoms with Gasteiger partial charge < -0.3 is 10.0 Å². The lowest BCUT2D eigenvalue weighted by atomic mass is 10.3. The first-order valence-corrected chi connectivity index (χ1v) is 6.04. The summed E-state index contributed by atoms with van der Waals surface area (Å²) in [5, 5.41) is 24.3. The van der Waals surface area contributed by atoms with Gasteiger partial charge in [-0.2, -0.15) is 5.10 Å². The van der Waals surface area contributed by atoms with Crippen LogP contribution in [-0.4, -0.2) is 49.8 Å². The zero-order chi connectivity index (χ0) is 14.2. The predicted molar refractivity (Wildman–Crippen MR) is 65.6 cm³/mol. The number of amides is 1. The summed E-state index contributed by atoms with van der Waals surface area (Å²) < 4.78 is 1.35. The Kier molecular flexibility index (Phi) is 3.52. The summed E-state index contributed by atoms with van der Waals surface area (Å²) in [6, 6.07) is 0. The van der Waals surface area contributed by atoms with Gasteiger partial charge >= 0.3 is 5.69 Å². The van der Waals surface area contributed by atoms with Crippen molar-refractivity contribution in [1.29, 1.82) is 0 Å². The molecule has 19 heavy (non-hydrogen) atoms. The summed E-state index contributed by atoms with van der Waals surface area (Å²) in [6.07, 6.45) is 0.0990. The number of hydrogen-bond acceptors (Lipinski definition) is 5. The molecule has 8 heteroatoms. The molecule has 104 valence electrons. The number of nitro groups is 1. The van der Waals surface area contributed by atoms with E-state index < -0.39 is 11.0 Å². The summed E-state index contributed by atoms with van der Waals surface area (Å²) >= 11 is 0. The van der Waals surface area contributed by atoms with Gasteiger partial charge in [0.15, 0.2) is 0 Å². The van der Waals surface area contributed by atoms with Crippen LogP contribution in [0.2, 0.25) is 0 Å². The third-order valence-electron chi connectivity index (χ3n) is 3.33. The van der Waals surface area contributed by atoms with Crippen LogP contribution in [0.1, 0.15) is 17.8 Å². The highest BCUT2D eigenvalue weighted by atomic mass is 16.6. The van der Waals surface area contributed by atoms with E-state index >= 15 is 0 Å². The van der Waals surface area contributed by atoms with E-state index in [9.17, 15) is 20.0 Å². The van der Waals surface area contributed by atoms with Crippen LogP contribution in [-0.2, 0) is 11.3 Å². The lowest BCUT2D eigenvalue weighted by Crippen LogP contribution is -2.33. The van der Waals surface area contributed by atoms with Crippen LogP contribution in [0, 0.1) is 24.0 Å². The van der Waals surface area contributed by atoms with E-state index in [0.717, 1.165) is 0 Å². The van der Waals surface area contributed by atoms with Gasteiger partial charge in [0.2, 0.25) is 5.91 Å². The van der Waals surface area contributed by atoms with Crippen molar-refractivity contribution in [3.8, 4) is 0 Å². The Bertz CT molecular complexity index is 525. The van der Waals surface area contributed by atoms with Crippen LogP contribution in [0.4, 0.5) is 5.69 Å². The van der Waals surface area contributed by atoms with Crippen LogP contribution < -0.4 is 0 Å². The zero-order valence-corrected chi connectivity index (χ0v) is 10.9. The lowest BCUT2D eigenvalue weighted by molar-refractivity contribution is -0.386. The molecule has 1 saturated heterocycles. The number of β-amino-alcohol motifs (C(OH)–C–C–N with tert-alkyl or cyclic N) is 1. The van der Waals surface area contributed by atoms with E-state index in [-0.39, 0.29) is 18.1 Å². The second kappa shape index (κ2) is 4.96. The third-order valence-corrected chi connectivity index (χ3v) is 3.33. The smallest absolute Gasteiger partial charge is 0.312 e. The molecule has 0 aromatic carbocycles. The van der Waals surface area contributed by atoms with Crippen LogP contribution in [0.5, 0.6) is 0 Å². The largest absolute Gasteiger partial charge is 0.391 e. The molecule has 1 amide bonds. The van der Waals surface area contributed by atoms with E-state index in [1.54, 1.807) is 18.7 Å². The Morgan fingerprint density at radius 1 is 1.58 bits per heavy atom. The van der Waals surface area contributed by atoms with Crippen LogP contribution in [0.25, 0.3) is 0 Å². The second-order valence-electron chi connectivity index (χ2n) is 4.72. The van der Waals surface area contributed by atoms with Crippen molar-refractivity contribution in [2.24, 2.45) is 0 Å². The van der Waals surface area contributed by atoms with Crippen molar-refractivity contribution in [3.63, 3.8) is 0 Å². The Balaban J connectivity index is 2.13. The summed E-state index contributed by atoms with van der Waals surface area (Å²) in [6.45, 7) is 3.92. The van der Waals surface area contributed by atoms with Crippen LogP contribution in [0.3, 0.4) is 0 Å². The average molecular weight is 268 g/mol. The monoisotopic (exact) mass is 268 g/mol. The number of nitrogens with zero attached hydrogens (tertiary/aromatic N) is 4. The van der Waals surface area contributed by atoms with Crippen molar-refractivity contribution >= 4 is 11.6 Å². The molecule has 0 bridgehead atoms. The SMILES string of the molecule is Cc1nn(CC(=O)N2CCC(O)C2)c(C)c1[N+](=O)[O-]. The minimum Gasteiger partial charge on any atom is -0.391 e. The molecule has 1 N–H and O–H groups in total. The second-order valence-corrected chi connectivity index (χ2v) is 4.72. The molecule has 1 fully saturated rings. The molecule has 1 aromatic heterocycles. The first-order chi connectivity index (χ1) is 8.90. The first-order valence-electron chi connectivity index (χ1n) is 6.04. The lowest BCUT2D eigenvalue weighted by Gasteiger charge is -2.15. The highest BCUT2D eigenvalue weighted by Crippen LogP contribution is 2.22. The van der Waals surface area contributed by atoms with Gasteiger partial charge in [0.1, 0.15) is 17.9 Å². The Morgan fingerprint density at radius 3 is 2.74 bits per heavy atom. The first kappa shape index (κ1) is 13.5. The molecule has 1 aliphatic rings. The summed E-state index contributed by atoms with van der Waals surface area (Å²) in [4.78, 5) is 23.9. The molecule has 2 rings (SSSR count). The number of carbonyl (C=O) groups is 1. The van der Waals surface area contributed by atoms with Gasteiger partial charge in [0, 0.05) is 13.1 Å². The van der Waals surface area contributed by atoms with E-state index in [1.165, 1.54) is 4.68 Å². The maximum Gasteiger partial charge on any atom is 0.312 e. The molecular formula is C11H16N4O4. The summed E-state index contributed by atoms with van der Waals surface area (Å²) in [7, 11) is 0. The fourth-order valence-electron chi connectivity index (χ4n) is 2.30. The minimum atomic E-state index is -0.488. The number of aryl methyl sites for hydroxylation is 1. The molecule has 1 atom stereocenters. The molecule has 1 unspecified atom stereocenters. The third kappa shape index (κ3) is 2.58. The number of likely N-dealkylation sites (tertiary alicyclic amines) is 1. The van der Waals surface area contributed by atoms with Crippen molar-refractivity contribution in [2.75, 3.05) is 13.1 Å². The Morgan fingerprint density at radius 2 is 2.26 bits per heavy atom. The molecule has 0 saturated carbocycles. The number of rotatable bonds is 3. The van der Waals surface area contributed by atoms with E-state index in [4.69, 9.17) is 0 Å². The van der Waals surface area contributed by atoms with E-state index in [2.05, 4.69) is 5.10 Å². The van der Waals surface area contributed by atoms with Gasteiger partial charge in [-0.25, -0.2) is 0 Å². The van der Waals surface area contributed by atoms with Crippen molar-refractivity contribution in [1.82, 2.24) is 14.7 Å². The fourth-order valence-corrected chi connectivity index (χ4v) is 2.30. The predicted octanol–water partition coefficient (Wildman–Crippen LogP) is 0.00134. The average Bonchev–Trinajstić information content (AvgIpc) is 2.84. The maximum absolute atomic E-state index is 12.0. The fraction of sp³-hybridized carbons (Fsp3) is 0.636. The maximum atomic E-state index is 12.0. The number of carbonyl (C=O) groups excluding carboxylic acids is 1. The number of aliphatic hydroxyl groups is 1. The zero-order valence-electron chi connectivity index (χ0n) is 10.9. The van der Waals surface area contributed by atoms with Gasteiger partial charge in [0.05, 0.1) is 11.0 Å². The van der Waals surface area contributed by atoms with Crippen LogP contribution >= 0.6 is 0 Å². The molecule has 0 spiro atoms.